The number of ether oxygens (including phenoxy) is 2. The van der Waals surface area contributed by atoms with Gasteiger partial charge in [0.1, 0.15) is 5.75 Å². The van der Waals surface area contributed by atoms with E-state index in [0.717, 1.165) is 0 Å². The first kappa shape index (κ1) is 16.9. The number of hydrogen-bond acceptors (Lipinski definition) is 3. The van der Waals surface area contributed by atoms with E-state index >= 15 is 0 Å². The molecule has 0 spiro atoms. The van der Waals surface area contributed by atoms with E-state index in [2.05, 4.69) is 9.72 Å². The van der Waals surface area contributed by atoms with Gasteiger partial charge >= 0.3 is 12.3 Å². The summed E-state index contributed by atoms with van der Waals surface area (Å²) in [5.74, 6) is -0.881. The maximum Gasteiger partial charge on any atom is 0.573 e. The van der Waals surface area contributed by atoms with Crippen LogP contribution in [-0.2, 0) is 4.74 Å². The first-order valence-electron chi connectivity index (χ1n) is 7.53. The molecule has 1 aromatic heterocycles. The first-order chi connectivity index (χ1) is 11.9. The summed E-state index contributed by atoms with van der Waals surface area (Å²) >= 11 is 0. The van der Waals surface area contributed by atoms with Gasteiger partial charge in [0.05, 0.1) is 12.2 Å². The highest BCUT2D eigenvalue weighted by molar-refractivity contribution is 6.10. The molecule has 0 aliphatic rings. The van der Waals surface area contributed by atoms with Crippen molar-refractivity contribution >= 4 is 16.9 Å². The molecule has 1 heterocycles. The van der Waals surface area contributed by atoms with Gasteiger partial charge in [-0.15, -0.1) is 13.2 Å². The zero-order chi connectivity index (χ0) is 18.0. The second-order valence-corrected chi connectivity index (χ2v) is 5.19. The third-order valence-electron chi connectivity index (χ3n) is 3.60. The van der Waals surface area contributed by atoms with Crippen LogP contribution in [-0.4, -0.2) is 23.9 Å². The number of fused-ring (bicyclic) bond motifs is 1. The van der Waals surface area contributed by atoms with Gasteiger partial charge in [-0.05, 0) is 24.6 Å². The number of nitrogens with one attached hydrogen (secondary N) is 1. The second kappa shape index (κ2) is 6.51. The van der Waals surface area contributed by atoms with Crippen LogP contribution in [0.25, 0.3) is 22.0 Å². The normalized spacial score (nSPS) is 11.5. The lowest BCUT2D eigenvalue weighted by Gasteiger charge is -2.14. The Hall–Kier alpha value is -2.96. The zero-order valence-electron chi connectivity index (χ0n) is 13.2. The predicted molar refractivity (Wildman–Crippen MR) is 86.4 cm³/mol. The van der Waals surface area contributed by atoms with Crippen molar-refractivity contribution in [2.75, 3.05) is 6.61 Å². The number of benzene rings is 2. The summed E-state index contributed by atoms with van der Waals surface area (Å²) in [6, 6.07) is 10.9. The summed E-state index contributed by atoms with van der Waals surface area (Å²) in [6.45, 7) is 1.88. The number of hydrogen-bond donors (Lipinski definition) is 1. The molecule has 0 aliphatic heterocycles. The number of halogens is 3. The molecule has 0 saturated carbocycles. The molecule has 0 unspecified atom stereocenters. The molecule has 0 bridgehead atoms. The first-order valence-corrected chi connectivity index (χ1v) is 7.53. The second-order valence-electron chi connectivity index (χ2n) is 5.19. The van der Waals surface area contributed by atoms with Crippen molar-refractivity contribution in [2.45, 2.75) is 13.3 Å². The van der Waals surface area contributed by atoms with Gasteiger partial charge in [0.2, 0.25) is 0 Å². The van der Waals surface area contributed by atoms with Crippen LogP contribution >= 0.6 is 0 Å². The molecule has 0 fully saturated rings. The fraction of sp³-hybridized carbons (Fsp3) is 0.167. The van der Waals surface area contributed by atoms with Gasteiger partial charge in [-0.3, -0.25) is 0 Å². The third kappa shape index (κ3) is 3.45. The Morgan fingerprint density at radius 1 is 1.08 bits per heavy atom. The van der Waals surface area contributed by atoms with Gasteiger partial charge in [0.25, 0.3) is 0 Å². The van der Waals surface area contributed by atoms with Gasteiger partial charge in [-0.1, -0.05) is 30.3 Å². The van der Waals surface area contributed by atoms with Crippen LogP contribution in [0, 0.1) is 0 Å². The number of aromatic nitrogens is 1. The van der Waals surface area contributed by atoms with Crippen LogP contribution in [0.1, 0.15) is 17.3 Å². The fourth-order valence-corrected chi connectivity index (χ4v) is 2.68. The maximum atomic E-state index is 12.7. The molecule has 0 radical (unpaired) electrons. The molecule has 130 valence electrons. The van der Waals surface area contributed by atoms with Crippen LogP contribution in [0.5, 0.6) is 5.75 Å². The number of esters is 1. The van der Waals surface area contributed by atoms with Gasteiger partial charge in [0.15, 0.2) is 0 Å². The van der Waals surface area contributed by atoms with Crippen LogP contribution < -0.4 is 4.74 Å². The summed E-state index contributed by atoms with van der Waals surface area (Å²) in [6.07, 6.45) is -3.33. The highest BCUT2D eigenvalue weighted by Gasteiger charge is 2.32. The van der Waals surface area contributed by atoms with Crippen molar-refractivity contribution in [3.8, 4) is 16.9 Å². The molecular weight excluding hydrogens is 335 g/mol. The summed E-state index contributed by atoms with van der Waals surface area (Å²) in [4.78, 5) is 15.1. The van der Waals surface area contributed by atoms with Crippen molar-refractivity contribution in [3.63, 3.8) is 0 Å². The summed E-state index contributed by atoms with van der Waals surface area (Å²) < 4.78 is 47.2. The van der Waals surface area contributed by atoms with Crippen molar-refractivity contribution in [1.29, 1.82) is 0 Å². The van der Waals surface area contributed by atoms with Gasteiger partial charge in [-0.25, -0.2) is 4.79 Å². The number of rotatable bonds is 4. The SMILES string of the molecule is CCOC(=O)c1c[nH]c2cccc(-c3ccccc3OC(F)(F)F)c12. The average Bonchev–Trinajstić information content (AvgIpc) is 2.98. The molecule has 0 atom stereocenters. The number of aromatic amines is 1. The fourth-order valence-electron chi connectivity index (χ4n) is 2.68. The van der Waals surface area contributed by atoms with Crippen LogP contribution in [0.3, 0.4) is 0 Å². The van der Waals surface area contributed by atoms with E-state index in [1.807, 2.05) is 0 Å². The minimum atomic E-state index is -4.81. The Labute approximate surface area is 141 Å². The van der Waals surface area contributed by atoms with Crippen molar-refractivity contribution < 1.29 is 27.4 Å². The van der Waals surface area contributed by atoms with E-state index in [1.54, 1.807) is 31.2 Å². The molecule has 3 aromatic rings. The molecule has 3 rings (SSSR count). The molecule has 2 aromatic carbocycles. The molecule has 1 N–H and O–H groups in total. The largest absolute Gasteiger partial charge is 0.573 e. The lowest BCUT2D eigenvalue weighted by Crippen LogP contribution is -2.17. The van der Waals surface area contributed by atoms with E-state index in [-0.39, 0.29) is 23.5 Å². The monoisotopic (exact) mass is 349 g/mol. The Kier molecular flexibility index (Phi) is 4.39. The van der Waals surface area contributed by atoms with Gasteiger partial charge in [0, 0.05) is 22.7 Å². The lowest BCUT2D eigenvalue weighted by atomic mass is 9.98. The number of alkyl halides is 3. The average molecular weight is 349 g/mol. The quantitative estimate of drug-likeness (QED) is 0.681. The molecular formula is C18H14F3NO3. The van der Waals surface area contributed by atoms with Gasteiger partial charge < -0.3 is 14.5 Å². The smallest absolute Gasteiger partial charge is 0.462 e. The van der Waals surface area contributed by atoms with Crippen molar-refractivity contribution in [1.82, 2.24) is 4.98 Å². The Morgan fingerprint density at radius 3 is 2.52 bits per heavy atom. The van der Waals surface area contributed by atoms with Crippen molar-refractivity contribution in [3.05, 3.63) is 54.2 Å². The molecule has 7 heteroatoms. The van der Waals surface area contributed by atoms with Gasteiger partial charge in [-0.2, -0.15) is 0 Å². The van der Waals surface area contributed by atoms with Crippen LogP contribution in [0.15, 0.2) is 48.7 Å². The predicted octanol–water partition coefficient (Wildman–Crippen LogP) is 4.91. The Morgan fingerprint density at radius 2 is 1.80 bits per heavy atom. The van der Waals surface area contributed by atoms with E-state index in [4.69, 9.17) is 4.74 Å². The number of carbonyl (C=O) groups is 1. The topological polar surface area (TPSA) is 51.3 Å². The molecule has 0 amide bonds. The summed E-state index contributed by atoms with van der Waals surface area (Å²) in [5, 5.41) is 0.485. The van der Waals surface area contributed by atoms with Crippen LogP contribution in [0.2, 0.25) is 0 Å². The molecule has 25 heavy (non-hydrogen) atoms. The number of H-pyrrole nitrogens is 1. The number of carbonyl (C=O) groups excluding carboxylic acids is 1. The molecule has 0 saturated heterocycles. The zero-order valence-corrected chi connectivity index (χ0v) is 13.2. The lowest BCUT2D eigenvalue weighted by molar-refractivity contribution is -0.274. The van der Waals surface area contributed by atoms with E-state index < -0.39 is 12.3 Å². The Bertz CT molecular complexity index is 915. The highest BCUT2D eigenvalue weighted by atomic mass is 19.4. The van der Waals surface area contributed by atoms with E-state index in [9.17, 15) is 18.0 Å². The van der Waals surface area contributed by atoms with E-state index in [0.29, 0.717) is 16.5 Å². The molecule has 4 nitrogen and oxygen atoms in total. The molecule has 0 aliphatic carbocycles. The summed E-state index contributed by atoms with van der Waals surface area (Å²) in [7, 11) is 0. The van der Waals surface area contributed by atoms with E-state index in [1.165, 1.54) is 24.4 Å². The van der Waals surface area contributed by atoms with Crippen LogP contribution in [0.4, 0.5) is 13.2 Å². The summed E-state index contributed by atoms with van der Waals surface area (Å²) in [5.41, 5.74) is 1.55. The Balaban J connectivity index is 2.20. The minimum absolute atomic E-state index is 0.196. The highest BCUT2D eigenvalue weighted by Crippen LogP contribution is 2.38. The minimum Gasteiger partial charge on any atom is -0.462 e. The maximum absolute atomic E-state index is 12.7. The third-order valence-corrected chi connectivity index (χ3v) is 3.60. The van der Waals surface area contributed by atoms with Crippen molar-refractivity contribution in [2.24, 2.45) is 0 Å². The standard InChI is InChI=1S/C18H14F3NO3/c1-2-24-17(23)13-10-22-14-8-5-7-12(16(13)14)11-6-3-4-9-15(11)25-18(19,20)21/h3-10,22H,2H2,1H3. The number of para-hydroxylation sites is 1.